The lowest BCUT2D eigenvalue weighted by Crippen LogP contribution is -2.55. The Kier molecular flexibility index (Phi) is 4.99. The van der Waals surface area contributed by atoms with Gasteiger partial charge in [0.05, 0.1) is 17.2 Å². The number of amides is 1. The summed E-state index contributed by atoms with van der Waals surface area (Å²) in [6, 6.07) is 2.89. The van der Waals surface area contributed by atoms with Crippen molar-refractivity contribution in [1.82, 2.24) is 20.1 Å². The van der Waals surface area contributed by atoms with Crippen LogP contribution in [0.25, 0.3) is 5.82 Å². The third-order valence-electron chi connectivity index (χ3n) is 4.47. The first kappa shape index (κ1) is 19.6. The maximum Gasteiger partial charge on any atom is 0.417 e. The quantitative estimate of drug-likeness (QED) is 0.739. The number of aliphatic hydroxyl groups is 1. The zero-order chi connectivity index (χ0) is 20.5. The fourth-order valence-electron chi connectivity index (χ4n) is 2.80. The molecule has 7 nitrogen and oxygen atoms in total. The van der Waals surface area contributed by atoms with Crippen molar-refractivity contribution in [1.29, 1.82) is 0 Å². The number of pyridine rings is 1. The molecule has 0 fully saturated rings. The van der Waals surface area contributed by atoms with Crippen LogP contribution in [-0.4, -0.2) is 42.5 Å². The van der Waals surface area contributed by atoms with Gasteiger partial charge in [-0.25, -0.2) is 4.98 Å². The van der Waals surface area contributed by atoms with E-state index >= 15 is 0 Å². The summed E-state index contributed by atoms with van der Waals surface area (Å²) in [5.41, 5.74) is -2.16. The van der Waals surface area contributed by atoms with Crippen molar-refractivity contribution >= 4 is 5.91 Å². The van der Waals surface area contributed by atoms with Gasteiger partial charge in [-0.2, -0.15) is 23.0 Å². The molecule has 3 N–H and O–H groups in total. The van der Waals surface area contributed by atoms with E-state index in [1.807, 2.05) is 0 Å². The average molecular weight is 394 g/mol. The van der Waals surface area contributed by atoms with Crippen LogP contribution in [0.15, 0.2) is 48.7 Å². The van der Waals surface area contributed by atoms with Gasteiger partial charge >= 0.3 is 6.18 Å². The first-order valence-corrected chi connectivity index (χ1v) is 8.35. The lowest BCUT2D eigenvalue weighted by molar-refractivity contribution is -0.137. The molecular weight excluding hydrogens is 377 g/mol. The predicted octanol–water partition coefficient (Wildman–Crippen LogP) is 2.36. The van der Waals surface area contributed by atoms with Gasteiger partial charge in [-0.1, -0.05) is 31.2 Å². The van der Waals surface area contributed by atoms with E-state index in [2.05, 4.69) is 15.4 Å². The molecule has 28 heavy (non-hydrogen) atoms. The van der Waals surface area contributed by atoms with E-state index in [9.17, 15) is 28.2 Å². The molecule has 0 aromatic carbocycles. The van der Waals surface area contributed by atoms with Crippen LogP contribution >= 0.6 is 0 Å². The highest BCUT2D eigenvalue weighted by Gasteiger charge is 2.36. The standard InChI is InChI=1S/C18H17F3N4O3/c1-2-17(8-4-3-5-13(17)26)23-16(28)12-9-15(27)25(24-12)14-7-6-11(10-22-14)18(19,20)21/h3-10,13,26-27H,2H2,1H3,(H,23,28). The van der Waals surface area contributed by atoms with Gasteiger partial charge < -0.3 is 15.5 Å². The van der Waals surface area contributed by atoms with Gasteiger partial charge in [0, 0.05) is 12.3 Å². The number of aliphatic hydroxyl groups excluding tert-OH is 1. The lowest BCUT2D eigenvalue weighted by atomic mass is 9.85. The fraction of sp³-hybridized carbons (Fsp3) is 0.278. The molecule has 0 radical (unpaired) electrons. The molecule has 10 heteroatoms. The Morgan fingerprint density at radius 3 is 2.68 bits per heavy atom. The van der Waals surface area contributed by atoms with Crippen LogP contribution in [0.3, 0.4) is 0 Å². The maximum atomic E-state index is 12.6. The molecule has 0 bridgehead atoms. The van der Waals surface area contributed by atoms with Crippen LogP contribution in [0.1, 0.15) is 29.4 Å². The Morgan fingerprint density at radius 2 is 2.11 bits per heavy atom. The van der Waals surface area contributed by atoms with Crippen molar-refractivity contribution in [3.05, 3.63) is 60.0 Å². The van der Waals surface area contributed by atoms with Crippen molar-refractivity contribution < 1.29 is 28.2 Å². The minimum absolute atomic E-state index is 0.0877. The highest BCUT2D eigenvalue weighted by Crippen LogP contribution is 2.29. The molecule has 2 aromatic heterocycles. The summed E-state index contributed by atoms with van der Waals surface area (Å²) < 4.78 is 38.8. The summed E-state index contributed by atoms with van der Waals surface area (Å²) in [5.74, 6) is -1.22. The first-order valence-electron chi connectivity index (χ1n) is 8.35. The van der Waals surface area contributed by atoms with Gasteiger partial charge in [-0.15, -0.1) is 0 Å². The van der Waals surface area contributed by atoms with Crippen LogP contribution < -0.4 is 5.32 Å². The summed E-state index contributed by atoms with van der Waals surface area (Å²) in [6.45, 7) is 1.79. The van der Waals surface area contributed by atoms with Crippen LogP contribution in [0.5, 0.6) is 5.88 Å². The Labute approximate surface area is 157 Å². The zero-order valence-corrected chi connectivity index (χ0v) is 14.7. The molecule has 2 aromatic rings. The summed E-state index contributed by atoms with van der Waals surface area (Å²) in [5, 5.41) is 26.8. The summed E-state index contributed by atoms with van der Waals surface area (Å²) in [4.78, 5) is 16.2. The number of nitrogens with zero attached hydrogens (tertiary/aromatic N) is 3. The number of rotatable bonds is 4. The second-order valence-electron chi connectivity index (χ2n) is 6.24. The monoisotopic (exact) mass is 394 g/mol. The smallest absolute Gasteiger partial charge is 0.417 e. The second-order valence-corrected chi connectivity index (χ2v) is 6.24. The van der Waals surface area contributed by atoms with Crippen molar-refractivity contribution in [3.8, 4) is 11.7 Å². The van der Waals surface area contributed by atoms with Crippen molar-refractivity contribution in [2.75, 3.05) is 0 Å². The molecule has 2 heterocycles. The Morgan fingerprint density at radius 1 is 1.36 bits per heavy atom. The molecule has 0 aliphatic heterocycles. The molecule has 1 aliphatic carbocycles. The molecule has 0 spiro atoms. The van der Waals surface area contributed by atoms with E-state index in [-0.39, 0.29) is 11.5 Å². The largest absolute Gasteiger partial charge is 0.493 e. The van der Waals surface area contributed by atoms with Crippen molar-refractivity contribution in [2.45, 2.75) is 31.2 Å². The van der Waals surface area contributed by atoms with Gasteiger partial charge in [0.1, 0.15) is 0 Å². The van der Waals surface area contributed by atoms with E-state index in [0.29, 0.717) is 12.6 Å². The Balaban J connectivity index is 1.85. The number of carbonyl (C=O) groups excluding carboxylic acids is 1. The molecule has 148 valence electrons. The third kappa shape index (κ3) is 3.63. The second kappa shape index (κ2) is 7.12. The highest BCUT2D eigenvalue weighted by molar-refractivity contribution is 5.93. The number of carbonyl (C=O) groups is 1. The summed E-state index contributed by atoms with van der Waals surface area (Å²) >= 11 is 0. The first-order chi connectivity index (χ1) is 13.2. The molecule has 0 saturated carbocycles. The predicted molar refractivity (Wildman–Crippen MR) is 92.8 cm³/mol. The van der Waals surface area contributed by atoms with Gasteiger partial charge in [0.25, 0.3) is 5.91 Å². The average Bonchev–Trinajstić information content (AvgIpc) is 3.05. The van der Waals surface area contributed by atoms with E-state index in [0.717, 1.165) is 22.9 Å². The zero-order valence-electron chi connectivity index (χ0n) is 14.7. The normalized spacial score (nSPS) is 21.7. The minimum atomic E-state index is -4.54. The van der Waals surface area contributed by atoms with Gasteiger partial charge in [-0.3, -0.25) is 4.79 Å². The van der Waals surface area contributed by atoms with Crippen LogP contribution in [0.4, 0.5) is 13.2 Å². The maximum absolute atomic E-state index is 12.6. The SMILES string of the molecule is CCC1(NC(=O)c2cc(O)n(-c3ccc(C(F)(F)F)cn3)n2)C=CC=CC1O. The van der Waals surface area contributed by atoms with Crippen molar-refractivity contribution in [3.63, 3.8) is 0 Å². The van der Waals surface area contributed by atoms with E-state index < -0.39 is 35.2 Å². The Bertz CT molecular complexity index is 935. The van der Waals surface area contributed by atoms with Crippen LogP contribution in [0, 0.1) is 0 Å². The number of alkyl halides is 3. The number of hydrogen-bond donors (Lipinski definition) is 3. The van der Waals surface area contributed by atoms with Crippen LogP contribution in [-0.2, 0) is 6.18 Å². The molecule has 2 unspecified atom stereocenters. The lowest BCUT2D eigenvalue weighted by Gasteiger charge is -2.35. The third-order valence-corrected chi connectivity index (χ3v) is 4.47. The van der Waals surface area contributed by atoms with Gasteiger partial charge in [0.15, 0.2) is 11.5 Å². The number of hydrogen-bond acceptors (Lipinski definition) is 5. The Hall–Kier alpha value is -3.14. The number of halogens is 3. The molecule has 3 rings (SSSR count). The number of aromatic hydroxyl groups is 1. The topological polar surface area (TPSA) is 100 Å². The summed E-state index contributed by atoms with van der Waals surface area (Å²) in [7, 11) is 0. The molecule has 1 aliphatic rings. The number of allylic oxidation sites excluding steroid dienone is 2. The van der Waals surface area contributed by atoms with Gasteiger partial charge in [0.2, 0.25) is 5.88 Å². The fourth-order valence-corrected chi connectivity index (χ4v) is 2.80. The molecular formula is C18H17F3N4O3. The van der Waals surface area contributed by atoms with Crippen molar-refractivity contribution in [2.24, 2.45) is 0 Å². The molecule has 0 saturated heterocycles. The number of nitrogens with one attached hydrogen (secondary N) is 1. The van der Waals surface area contributed by atoms with E-state index in [1.165, 1.54) is 6.08 Å². The van der Waals surface area contributed by atoms with Gasteiger partial charge in [-0.05, 0) is 18.6 Å². The minimum Gasteiger partial charge on any atom is -0.493 e. The van der Waals surface area contributed by atoms with E-state index in [1.54, 1.807) is 25.2 Å². The van der Waals surface area contributed by atoms with Crippen LogP contribution in [0.2, 0.25) is 0 Å². The van der Waals surface area contributed by atoms with E-state index in [4.69, 9.17) is 0 Å². The highest BCUT2D eigenvalue weighted by atomic mass is 19.4. The summed E-state index contributed by atoms with van der Waals surface area (Å²) in [6.07, 6.45) is 2.06. The number of aromatic nitrogens is 3. The molecule has 1 amide bonds. The molecule has 2 atom stereocenters.